The third-order valence-electron chi connectivity index (χ3n) is 6.84. The van der Waals surface area contributed by atoms with Crippen molar-refractivity contribution in [1.29, 1.82) is 0 Å². The first-order chi connectivity index (χ1) is 17.0. The molecule has 0 bridgehead atoms. The third kappa shape index (κ3) is 3.45. The number of methoxy groups -OCH3 is 1. The molecule has 5 rings (SSSR count). The molecule has 0 amide bonds. The molecule has 0 spiro atoms. The van der Waals surface area contributed by atoms with E-state index in [1.807, 2.05) is 0 Å². The van der Waals surface area contributed by atoms with Gasteiger partial charge in [-0.2, -0.15) is 8.42 Å². The quantitative estimate of drug-likeness (QED) is 0.425. The first-order valence-corrected chi connectivity index (χ1v) is 13.5. The van der Waals surface area contributed by atoms with E-state index < -0.39 is 45.2 Å². The molecule has 9 nitrogen and oxygen atoms in total. The van der Waals surface area contributed by atoms with Crippen LogP contribution in [0.3, 0.4) is 0 Å². The first-order valence-electron chi connectivity index (χ1n) is 10.9. The van der Waals surface area contributed by atoms with Crippen molar-refractivity contribution in [3.8, 4) is 11.5 Å². The van der Waals surface area contributed by atoms with E-state index in [4.69, 9.17) is 13.7 Å². The van der Waals surface area contributed by atoms with Crippen molar-refractivity contribution in [2.24, 2.45) is 5.92 Å². The lowest BCUT2D eigenvalue weighted by Gasteiger charge is -2.41. The van der Waals surface area contributed by atoms with Gasteiger partial charge in [0.15, 0.2) is 11.2 Å². The van der Waals surface area contributed by atoms with Crippen LogP contribution in [-0.2, 0) is 30.3 Å². The second-order valence-electron chi connectivity index (χ2n) is 8.80. The second-order valence-corrected chi connectivity index (χ2v) is 11.3. The summed E-state index contributed by atoms with van der Waals surface area (Å²) in [6.07, 6.45) is 1.77. The predicted octanol–water partition coefficient (Wildman–Crippen LogP) is 3.17. The van der Waals surface area contributed by atoms with Crippen LogP contribution in [0.5, 0.6) is 11.5 Å². The van der Waals surface area contributed by atoms with E-state index in [0.29, 0.717) is 11.1 Å². The minimum atomic E-state index is -4.24. The van der Waals surface area contributed by atoms with Gasteiger partial charge >= 0.3 is 5.97 Å². The van der Waals surface area contributed by atoms with E-state index in [-0.39, 0.29) is 17.1 Å². The van der Waals surface area contributed by atoms with E-state index >= 15 is 0 Å². The molecule has 5 unspecified atom stereocenters. The topological polar surface area (TPSA) is 132 Å². The average Bonchev–Trinajstić information content (AvgIpc) is 3.22. The van der Waals surface area contributed by atoms with Crippen molar-refractivity contribution in [1.82, 2.24) is 4.98 Å². The molecule has 1 aromatic heterocycles. The molecule has 188 valence electrons. The summed E-state index contributed by atoms with van der Waals surface area (Å²) in [6.45, 7) is 0. The van der Waals surface area contributed by atoms with E-state index in [1.54, 1.807) is 54.6 Å². The van der Waals surface area contributed by atoms with E-state index in [9.17, 15) is 23.4 Å². The maximum Gasteiger partial charge on any atom is 0.310 e. The number of halogens is 1. The van der Waals surface area contributed by atoms with Crippen molar-refractivity contribution < 1.29 is 37.1 Å². The maximum atomic E-state index is 12.9. The van der Waals surface area contributed by atoms with Crippen molar-refractivity contribution in [2.75, 3.05) is 13.4 Å². The molecule has 0 saturated heterocycles. The molecule has 0 radical (unpaired) electrons. The zero-order valence-corrected chi connectivity index (χ0v) is 21.6. The third-order valence-corrected chi connectivity index (χ3v) is 7.93. The first kappa shape index (κ1) is 24.7. The maximum absolute atomic E-state index is 12.9. The van der Waals surface area contributed by atoms with Gasteiger partial charge in [-0.25, -0.2) is 0 Å². The van der Waals surface area contributed by atoms with E-state index in [2.05, 4.69) is 20.9 Å². The number of ether oxygens (including phenoxy) is 2. The van der Waals surface area contributed by atoms with Crippen LogP contribution in [0, 0.1) is 5.92 Å². The van der Waals surface area contributed by atoms with Gasteiger partial charge in [-0.3, -0.25) is 14.0 Å². The van der Waals surface area contributed by atoms with Crippen LogP contribution in [0.25, 0.3) is 0 Å². The van der Waals surface area contributed by atoms with Crippen LogP contribution in [0.15, 0.2) is 71.5 Å². The molecule has 1 aliphatic heterocycles. The van der Waals surface area contributed by atoms with Gasteiger partial charge in [-0.05, 0) is 23.3 Å². The number of hydrogen-bond acceptors (Lipinski definition) is 8. The Morgan fingerprint density at radius 2 is 1.78 bits per heavy atom. The number of rotatable bonds is 6. The zero-order valence-electron chi connectivity index (χ0n) is 19.2. The number of benzene rings is 2. The highest BCUT2D eigenvalue weighted by molar-refractivity contribution is 9.10. The highest BCUT2D eigenvalue weighted by Gasteiger charge is 2.79. The normalized spacial score (nSPS) is 28.7. The average molecular weight is 576 g/mol. The summed E-state index contributed by atoms with van der Waals surface area (Å²) < 4.78 is 43.1. The molecular formula is C25H22BrNO8S. The highest BCUT2D eigenvalue weighted by atomic mass is 79.9. The predicted molar refractivity (Wildman–Crippen MR) is 131 cm³/mol. The molecule has 5 atom stereocenters. The number of aliphatic carboxylic acids is 1. The number of fused-ring (bicyclic) bond motifs is 3. The molecule has 1 aliphatic carbocycles. The van der Waals surface area contributed by atoms with Gasteiger partial charge in [0.2, 0.25) is 0 Å². The molecule has 2 aromatic carbocycles. The lowest BCUT2D eigenvalue weighted by molar-refractivity contribution is -0.153. The van der Waals surface area contributed by atoms with Gasteiger partial charge in [0.25, 0.3) is 10.1 Å². The molecule has 2 N–H and O–H groups in total. The summed E-state index contributed by atoms with van der Waals surface area (Å²) in [4.78, 5) is 17.0. The summed E-state index contributed by atoms with van der Waals surface area (Å²) >= 11 is 3.40. The SMILES string of the molecule is COc1cncc2c1C1(O)C(OS(C)(=O)=O)C(C(=O)O)C(c3ccccc3)C1(c1ccc(Br)cc1)O2. The molecule has 2 aliphatic rings. The Morgan fingerprint density at radius 1 is 1.11 bits per heavy atom. The summed E-state index contributed by atoms with van der Waals surface area (Å²) in [5.41, 5.74) is -3.11. The van der Waals surface area contributed by atoms with Crippen LogP contribution < -0.4 is 9.47 Å². The van der Waals surface area contributed by atoms with Crippen LogP contribution in [-0.4, -0.2) is 49.1 Å². The van der Waals surface area contributed by atoms with Crippen molar-refractivity contribution in [2.45, 2.75) is 23.2 Å². The number of pyridine rings is 1. The molecule has 1 fully saturated rings. The van der Waals surface area contributed by atoms with Crippen molar-refractivity contribution in [3.05, 3.63) is 88.2 Å². The Bertz CT molecular complexity index is 1430. The molecular weight excluding hydrogens is 554 g/mol. The number of carbonyl (C=O) groups is 1. The lowest BCUT2D eigenvalue weighted by atomic mass is 9.70. The second kappa shape index (κ2) is 8.55. The van der Waals surface area contributed by atoms with Crippen LogP contribution in [0.2, 0.25) is 0 Å². The van der Waals surface area contributed by atoms with Gasteiger partial charge in [0.1, 0.15) is 17.6 Å². The minimum Gasteiger partial charge on any atom is -0.495 e. The smallest absolute Gasteiger partial charge is 0.310 e. The Morgan fingerprint density at radius 3 is 2.36 bits per heavy atom. The molecule has 1 saturated carbocycles. The summed E-state index contributed by atoms with van der Waals surface area (Å²) in [5.74, 6) is -3.72. The number of aliphatic hydroxyl groups is 1. The fourth-order valence-electron chi connectivity index (χ4n) is 5.66. The number of hydrogen-bond donors (Lipinski definition) is 2. The highest BCUT2D eigenvalue weighted by Crippen LogP contribution is 2.70. The zero-order chi connectivity index (χ0) is 25.9. The molecule has 2 heterocycles. The molecule has 11 heteroatoms. The largest absolute Gasteiger partial charge is 0.495 e. The molecule has 36 heavy (non-hydrogen) atoms. The fourth-order valence-corrected chi connectivity index (χ4v) is 6.56. The minimum absolute atomic E-state index is 0.0706. The fraction of sp³-hybridized carbons (Fsp3) is 0.280. The van der Waals surface area contributed by atoms with E-state index in [0.717, 1.165) is 10.7 Å². The number of nitrogens with zero attached hydrogens (tertiary/aromatic N) is 1. The standard InChI is InChI=1S/C25H22BrNO8S/c1-33-17-12-27-13-18-21(17)24(30)22(35-36(2,31)32)19(23(28)29)20(14-6-4-3-5-7-14)25(24,34-18)15-8-10-16(26)11-9-15/h3-13,19-20,22,30H,1-2H3,(H,28,29). The number of carboxylic acids is 1. The van der Waals surface area contributed by atoms with Gasteiger partial charge in [0.05, 0.1) is 37.2 Å². The van der Waals surface area contributed by atoms with Crippen LogP contribution in [0.4, 0.5) is 0 Å². The van der Waals surface area contributed by atoms with Gasteiger partial charge in [-0.15, -0.1) is 0 Å². The Balaban J connectivity index is 1.94. The summed E-state index contributed by atoms with van der Waals surface area (Å²) in [7, 11) is -2.87. The van der Waals surface area contributed by atoms with Gasteiger partial charge < -0.3 is 19.7 Å². The Hall–Kier alpha value is -2.99. The number of aromatic nitrogens is 1. The van der Waals surface area contributed by atoms with Crippen molar-refractivity contribution in [3.63, 3.8) is 0 Å². The monoisotopic (exact) mass is 575 g/mol. The Labute approximate surface area is 215 Å². The lowest BCUT2D eigenvalue weighted by Crippen LogP contribution is -2.53. The molecule has 3 aromatic rings. The van der Waals surface area contributed by atoms with Crippen LogP contribution in [0.1, 0.15) is 22.6 Å². The van der Waals surface area contributed by atoms with Gasteiger partial charge in [0, 0.05) is 10.4 Å². The summed E-state index contributed by atoms with van der Waals surface area (Å²) in [5, 5.41) is 23.2. The van der Waals surface area contributed by atoms with E-state index in [1.165, 1.54) is 19.5 Å². The Kier molecular flexibility index (Phi) is 5.86. The number of carboxylic acid groups (broad SMARTS) is 1. The van der Waals surface area contributed by atoms with Crippen molar-refractivity contribution >= 4 is 32.0 Å². The van der Waals surface area contributed by atoms with Gasteiger partial charge in [-0.1, -0.05) is 58.4 Å². The van der Waals surface area contributed by atoms with Crippen LogP contribution >= 0.6 is 15.9 Å². The summed E-state index contributed by atoms with van der Waals surface area (Å²) in [6, 6.07) is 15.5.